The fraction of sp³-hybridized carbons (Fsp3) is 0.444. The van der Waals surface area contributed by atoms with Crippen LogP contribution < -0.4 is 11.0 Å². The van der Waals surface area contributed by atoms with Crippen LogP contribution in [0.4, 0.5) is 0 Å². The number of nitrogens with one attached hydrogen (secondary N) is 1. The van der Waals surface area contributed by atoms with Crippen molar-refractivity contribution in [2.45, 2.75) is 12.3 Å². The van der Waals surface area contributed by atoms with E-state index in [1.807, 2.05) is 0 Å². The molecule has 1 aliphatic heterocycles. The first-order chi connectivity index (χ1) is 7.16. The molecule has 3 N–H and O–H groups in total. The number of rotatable bonds is 2. The van der Waals surface area contributed by atoms with Gasteiger partial charge in [0.2, 0.25) is 5.56 Å². The lowest BCUT2D eigenvalue weighted by Crippen LogP contribution is -2.34. The molecule has 1 fully saturated rings. The maximum absolute atomic E-state index is 11.3. The Balaban J connectivity index is 2.34. The highest BCUT2D eigenvalue weighted by Crippen LogP contribution is 2.21. The van der Waals surface area contributed by atoms with Gasteiger partial charge in [-0.15, -0.1) is 0 Å². The van der Waals surface area contributed by atoms with Crippen LogP contribution in [0.1, 0.15) is 18.0 Å². The Kier molecular flexibility index (Phi) is 2.90. The molecule has 0 aromatic carbocycles. The zero-order valence-corrected chi connectivity index (χ0v) is 8.14. The predicted octanol–water partition coefficient (Wildman–Crippen LogP) is -1.44. The molecule has 1 aliphatic rings. The molecule has 1 unspecified atom stereocenters. The third-order valence-corrected chi connectivity index (χ3v) is 2.56. The van der Waals surface area contributed by atoms with Crippen LogP contribution >= 0.6 is 0 Å². The third-order valence-electron chi connectivity index (χ3n) is 2.56. The van der Waals surface area contributed by atoms with Crippen molar-refractivity contribution in [1.82, 2.24) is 4.98 Å². The lowest BCUT2D eigenvalue weighted by molar-refractivity contribution is 0.193. The molecule has 15 heavy (non-hydrogen) atoms. The van der Waals surface area contributed by atoms with Gasteiger partial charge in [0, 0.05) is 24.3 Å². The minimum absolute atomic E-state index is 0.149. The molecular weight excluding hydrogens is 197 g/mol. The monoisotopic (exact) mass is 209 g/mol. The quantitative estimate of drug-likeness (QED) is 0.521. The summed E-state index contributed by atoms with van der Waals surface area (Å²) in [6.07, 6.45) is 0.848. The standard InChI is InChI=1S/C9H12BNO4/c12-9-4-7(10(13)14)3-8(11-9)6-1-2-15-5-6/h3-4,6,13-14H,1-2,5H2,(H,11,12). The van der Waals surface area contributed by atoms with Gasteiger partial charge < -0.3 is 19.8 Å². The number of hydrogen-bond donors (Lipinski definition) is 3. The Morgan fingerprint density at radius 2 is 2.27 bits per heavy atom. The summed E-state index contributed by atoms with van der Waals surface area (Å²) in [6.45, 7) is 1.25. The number of hydrogen-bond acceptors (Lipinski definition) is 4. The summed E-state index contributed by atoms with van der Waals surface area (Å²) in [4.78, 5) is 13.9. The van der Waals surface area contributed by atoms with Crippen molar-refractivity contribution in [3.05, 3.63) is 28.2 Å². The first-order valence-electron chi connectivity index (χ1n) is 4.85. The van der Waals surface area contributed by atoms with Crippen LogP contribution in [0.25, 0.3) is 0 Å². The number of ether oxygens (including phenoxy) is 1. The highest BCUT2D eigenvalue weighted by molar-refractivity contribution is 6.58. The highest BCUT2D eigenvalue weighted by atomic mass is 16.5. The van der Waals surface area contributed by atoms with Crippen LogP contribution in [0, 0.1) is 0 Å². The minimum atomic E-state index is -1.60. The van der Waals surface area contributed by atoms with Gasteiger partial charge in [0.25, 0.3) is 0 Å². The Hall–Kier alpha value is -1.11. The van der Waals surface area contributed by atoms with Gasteiger partial charge in [0.05, 0.1) is 6.61 Å². The van der Waals surface area contributed by atoms with E-state index in [-0.39, 0.29) is 16.9 Å². The molecule has 6 heteroatoms. The molecule has 80 valence electrons. The van der Waals surface area contributed by atoms with E-state index in [1.54, 1.807) is 6.07 Å². The van der Waals surface area contributed by atoms with Crippen molar-refractivity contribution in [2.75, 3.05) is 13.2 Å². The van der Waals surface area contributed by atoms with Crippen molar-refractivity contribution in [2.24, 2.45) is 0 Å². The Morgan fingerprint density at radius 3 is 2.87 bits per heavy atom. The van der Waals surface area contributed by atoms with Crippen LogP contribution in [0.2, 0.25) is 0 Å². The number of aromatic amines is 1. The second-order valence-electron chi connectivity index (χ2n) is 3.67. The first kappa shape index (κ1) is 10.4. The maximum Gasteiger partial charge on any atom is 0.488 e. The molecule has 0 bridgehead atoms. The summed E-state index contributed by atoms with van der Waals surface area (Å²) in [5.41, 5.74) is 0.617. The van der Waals surface area contributed by atoms with Crippen LogP contribution in [-0.2, 0) is 4.74 Å². The Bertz CT molecular complexity index is 397. The van der Waals surface area contributed by atoms with E-state index in [4.69, 9.17) is 14.8 Å². The predicted molar refractivity (Wildman–Crippen MR) is 55.1 cm³/mol. The zero-order chi connectivity index (χ0) is 10.8. The van der Waals surface area contributed by atoms with Crippen LogP contribution in [-0.4, -0.2) is 35.4 Å². The SMILES string of the molecule is O=c1cc(B(O)O)cc(C2CCOC2)[nH]1. The van der Waals surface area contributed by atoms with Gasteiger partial charge in [-0.3, -0.25) is 4.79 Å². The smallest absolute Gasteiger partial charge is 0.423 e. The van der Waals surface area contributed by atoms with Gasteiger partial charge in [-0.2, -0.15) is 0 Å². The summed E-state index contributed by atoms with van der Waals surface area (Å²) in [5, 5.41) is 18.0. The van der Waals surface area contributed by atoms with Gasteiger partial charge in [-0.25, -0.2) is 0 Å². The van der Waals surface area contributed by atoms with Crippen molar-refractivity contribution >= 4 is 12.6 Å². The largest absolute Gasteiger partial charge is 0.488 e. The summed E-state index contributed by atoms with van der Waals surface area (Å²) >= 11 is 0. The van der Waals surface area contributed by atoms with E-state index >= 15 is 0 Å². The van der Waals surface area contributed by atoms with Crippen LogP contribution in [0.5, 0.6) is 0 Å². The maximum atomic E-state index is 11.3. The average molecular weight is 209 g/mol. The lowest BCUT2D eigenvalue weighted by Gasteiger charge is -2.09. The number of aromatic nitrogens is 1. The van der Waals surface area contributed by atoms with E-state index in [2.05, 4.69) is 4.98 Å². The molecule has 2 rings (SSSR count). The van der Waals surface area contributed by atoms with Crippen molar-refractivity contribution in [3.63, 3.8) is 0 Å². The second-order valence-corrected chi connectivity index (χ2v) is 3.67. The Morgan fingerprint density at radius 1 is 1.47 bits per heavy atom. The third kappa shape index (κ3) is 2.28. The van der Waals surface area contributed by atoms with Crippen molar-refractivity contribution < 1.29 is 14.8 Å². The fourth-order valence-corrected chi connectivity index (χ4v) is 1.74. The van der Waals surface area contributed by atoms with Crippen LogP contribution in [0.15, 0.2) is 16.9 Å². The molecule has 1 aromatic rings. The second kappa shape index (κ2) is 4.18. The first-order valence-corrected chi connectivity index (χ1v) is 4.85. The molecule has 0 amide bonds. The molecule has 5 nitrogen and oxygen atoms in total. The van der Waals surface area contributed by atoms with E-state index < -0.39 is 7.12 Å². The van der Waals surface area contributed by atoms with Gasteiger partial charge in [-0.05, 0) is 17.9 Å². The van der Waals surface area contributed by atoms with Gasteiger partial charge >= 0.3 is 7.12 Å². The zero-order valence-electron chi connectivity index (χ0n) is 8.14. The normalized spacial score (nSPS) is 20.5. The highest BCUT2D eigenvalue weighted by Gasteiger charge is 2.21. The average Bonchev–Trinajstić information content (AvgIpc) is 2.69. The molecule has 2 heterocycles. The van der Waals surface area contributed by atoms with Crippen molar-refractivity contribution in [1.29, 1.82) is 0 Å². The molecular formula is C9H12BNO4. The summed E-state index contributed by atoms with van der Waals surface area (Å²) in [5.74, 6) is 0.149. The fourth-order valence-electron chi connectivity index (χ4n) is 1.74. The van der Waals surface area contributed by atoms with Crippen molar-refractivity contribution in [3.8, 4) is 0 Å². The van der Waals surface area contributed by atoms with Gasteiger partial charge in [0.1, 0.15) is 0 Å². The summed E-state index contributed by atoms with van der Waals surface area (Å²) in [7, 11) is -1.60. The summed E-state index contributed by atoms with van der Waals surface area (Å²) < 4.78 is 5.20. The van der Waals surface area contributed by atoms with E-state index in [1.165, 1.54) is 6.07 Å². The number of H-pyrrole nitrogens is 1. The van der Waals surface area contributed by atoms with E-state index in [9.17, 15) is 4.79 Å². The topological polar surface area (TPSA) is 82.6 Å². The summed E-state index contributed by atoms with van der Waals surface area (Å²) in [6, 6.07) is 2.79. The van der Waals surface area contributed by atoms with E-state index in [0.29, 0.717) is 18.9 Å². The molecule has 0 spiro atoms. The minimum Gasteiger partial charge on any atom is -0.423 e. The molecule has 1 saturated heterocycles. The molecule has 0 saturated carbocycles. The number of pyridine rings is 1. The van der Waals surface area contributed by atoms with Gasteiger partial charge in [0.15, 0.2) is 0 Å². The van der Waals surface area contributed by atoms with E-state index in [0.717, 1.165) is 6.42 Å². The molecule has 0 radical (unpaired) electrons. The Labute approximate surface area is 86.9 Å². The molecule has 1 atom stereocenters. The molecule has 1 aromatic heterocycles. The van der Waals surface area contributed by atoms with Crippen LogP contribution in [0.3, 0.4) is 0 Å². The van der Waals surface area contributed by atoms with Gasteiger partial charge in [-0.1, -0.05) is 0 Å². The lowest BCUT2D eigenvalue weighted by atomic mass is 9.80. The molecule has 0 aliphatic carbocycles.